The minimum Gasteiger partial charge on any atom is -0.361 e. The third kappa shape index (κ3) is 5.40. The van der Waals surface area contributed by atoms with Crippen LogP contribution >= 0.6 is 0 Å². The van der Waals surface area contributed by atoms with Crippen LogP contribution in [0.3, 0.4) is 0 Å². The van der Waals surface area contributed by atoms with Gasteiger partial charge >= 0.3 is 6.18 Å². The van der Waals surface area contributed by atoms with Gasteiger partial charge in [0.1, 0.15) is 29.6 Å². The van der Waals surface area contributed by atoms with Gasteiger partial charge < -0.3 is 10.3 Å². The van der Waals surface area contributed by atoms with Gasteiger partial charge in [-0.05, 0) is 71.7 Å². The molecule has 9 nitrogen and oxygen atoms in total. The van der Waals surface area contributed by atoms with E-state index in [2.05, 4.69) is 30.8 Å². The summed E-state index contributed by atoms with van der Waals surface area (Å²) >= 11 is 0. The van der Waals surface area contributed by atoms with Crippen molar-refractivity contribution in [2.45, 2.75) is 43.4 Å². The molecule has 4 heterocycles. The molecule has 0 spiro atoms. The van der Waals surface area contributed by atoms with Gasteiger partial charge in [-0.1, -0.05) is 12.1 Å². The lowest BCUT2D eigenvalue weighted by Gasteiger charge is -2.23. The maximum atomic E-state index is 15.2. The van der Waals surface area contributed by atoms with E-state index in [-0.39, 0.29) is 24.1 Å². The number of fused-ring (bicyclic) bond motifs is 4. The van der Waals surface area contributed by atoms with Crippen LogP contribution < -0.4 is 5.32 Å². The fraction of sp³-hybridized carbons (Fsp3) is 0.242. The molecule has 6 aromatic rings. The minimum atomic E-state index is -5.01. The van der Waals surface area contributed by atoms with Gasteiger partial charge in [0.05, 0.1) is 23.6 Å². The molecule has 2 aliphatic rings. The summed E-state index contributed by atoms with van der Waals surface area (Å²) in [6.45, 7) is -0.977. The molecule has 1 saturated carbocycles. The number of aromatic amines is 2. The number of rotatable bonds is 8. The summed E-state index contributed by atoms with van der Waals surface area (Å²) in [7, 11) is 0. The fourth-order valence-corrected chi connectivity index (χ4v) is 6.82. The molecule has 1 amide bonds. The van der Waals surface area contributed by atoms with E-state index in [0.717, 1.165) is 23.0 Å². The van der Waals surface area contributed by atoms with Crippen molar-refractivity contribution in [3.8, 4) is 22.5 Å². The van der Waals surface area contributed by atoms with Crippen LogP contribution in [0.25, 0.3) is 33.4 Å². The molecule has 0 radical (unpaired) electrons. The Morgan fingerprint density at radius 2 is 1.84 bits per heavy atom. The Kier molecular flexibility index (Phi) is 6.91. The molecule has 8 rings (SSSR count). The minimum absolute atomic E-state index is 0.0991. The maximum absolute atomic E-state index is 15.2. The van der Waals surface area contributed by atoms with Crippen LogP contribution in [0.4, 0.5) is 30.7 Å². The van der Waals surface area contributed by atoms with Crippen molar-refractivity contribution >= 4 is 16.8 Å². The Balaban J connectivity index is 1.22. The fourth-order valence-electron chi connectivity index (χ4n) is 6.82. The van der Waals surface area contributed by atoms with Crippen LogP contribution in [0, 0.1) is 17.6 Å². The van der Waals surface area contributed by atoms with E-state index >= 15 is 8.78 Å². The normalized spacial score (nSPS) is 18.3. The summed E-state index contributed by atoms with van der Waals surface area (Å²) in [6.07, 6.45) is -2.18. The number of hydrogen-bond acceptors (Lipinski definition) is 5. The zero-order chi connectivity index (χ0) is 34.2. The van der Waals surface area contributed by atoms with Gasteiger partial charge in [-0.15, -0.1) is 0 Å². The first-order valence-electron chi connectivity index (χ1n) is 15.1. The Labute approximate surface area is 271 Å². The number of amides is 1. The van der Waals surface area contributed by atoms with Gasteiger partial charge in [-0.2, -0.15) is 42.5 Å². The second-order valence-electron chi connectivity index (χ2n) is 12.2. The molecule has 2 aliphatic carbocycles. The van der Waals surface area contributed by atoms with Crippen LogP contribution in [-0.2, 0) is 29.9 Å². The van der Waals surface area contributed by atoms with Gasteiger partial charge in [-0.3, -0.25) is 9.48 Å². The van der Waals surface area contributed by atoms with Crippen LogP contribution in [0.15, 0.2) is 67.0 Å². The first kappa shape index (κ1) is 30.8. The van der Waals surface area contributed by atoms with Gasteiger partial charge in [0.2, 0.25) is 5.91 Å². The molecule has 16 heteroatoms. The lowest BCUT2D eigenvalue weighted by atomic mass is 9.94. The molecule has 250 valence electrons. The standard InChI is InChI=1S/C33H23F7N8O/c34-18-7-15(8-19(35)11-18)9-25(43-27(49)14-48-31-28(30(46-48)33(38,39)40)21-12-22(21)32(31,36)37)29-20(2-4-24(44-29)26-13-42-47-45-26)16-1-3-23-17(10-16)5-6-41-23/h1-8,10-11,13,21-22,25,41H,9,12,14H2,(H,43,49)(H,42,45,47)/t21-,22+,25-/m0/s1. The van der Waals surface area contributed by atoms with Crippen LogP contribution in [-0.4, -0.2) is 41.1 Å². The van der Waals surface area contributed by atoms with E-state index in [4.69, 9.17) is 4.98 Å². The largest absolute Gasteiger partial charge is 0.435 e. The van der Waals surface area contributed by atoms with Gasteiger partial charge in [0, 0.05) is 34.8 Å². The quantitative estimate of drug-likeness (QED) is 0.153. The summed E-state index contributed by atoms with van der Waals surface area (Å²) in [6, 6.07) is 12.4. The monoisotopic (exact) mass is 680 g/mol. The van der Waals surface area contributed by atoms with E-state index in [1.165, 1.54) is 6.20 Å². The molecule has 3 atom stereocenters. The summed E-state index contributed by atoms with van der Waals surface area (Å²) in [5.74, 6) is -8.61. The lowest BCUT2D eigenvalue weighted by Crippen LogP contribution is -2.35. The number of aromatic nitrogens is 7. The highest BCUT2D eigenvalue weighted by Gasteiger charge is 2.68. The van der Waals surface area contributed by atoms with Crippen molar-refractivity contribution in [3.63, 3.8) is 0 Å². The molecule has 0 saturated heterocycles. The Morgan fingerprint density at radius 1 is 1.04 bits per heavy atom. The Morgan fingerprint density at radius 3 is 2.57 bits per heavy atom. The number of benzene rings is 2. The average molecular weight is 681 g/mol. The molecular formula is C33H23F7N8O. The zero-order valence-electron chi connectivity index (χ0n) is 25.0. The van der Waals surface area contributed by atoms with E-state index in [1.54, 1.807) is 24.4 Å². The molecule has 1 fully saturated rings. The summed E-state index contributed by atoms with van der Waals surface area (Å²) in [4.78, 5) is 21.6. The van der Waals surface area contributed by atoms with Crippen molar-refractivity contribution in [1.29, 1.82) is 0 Å². The number of nitrogens with zero attached hydrogens (tertiary/aromatic N) is 5. The SMILES string of the molecule is O=C(Cn1nc(C(F)(F)F)c2c1C(F)(F)[C@@H]1C[C@H]21)N[C@@H](Cc1cc(F)cc(F)c1)c1nc(-c2cn[nH]n2)ccc1-c1ccc2[nH]ccc2c1. The van der Waals surface area contributed by atoms with Crippen molar-refractivity contribution in [2.24, 2.45) is 5.92 Å². The Hall–Kier alpha value is -5.54. The molecule has 0 unspecified atom stereocenters. The summed E-state index contributed by atoms with van der Waals surface area (Å²) < 4.78 is 101. The van der Waals surface area contributed by atoms with Crippen molar-refractivity contribution in [1.82, 2.24) is 40.5 Å². The number of alkyl halides is 5. The molecular weight excluding hydrogens is 657 g/mol. The number of hydrogen-bond donors (Lipinski definition) is 3. The van der Waals surface area contributed by atoms with Gasteiger partial charge in [-0.25, -0.2) is 13.8 Å². The third-order valence-corrected chi connectivity index (χ3v) is 8.99. The molecule has 4 aromatic heterocycles. The van der Waals surface area contributed by atoms with Gasteiger partial charge in [0.15, 0.2) is 5.69 Å². The zero-order valence-corrected chi connectivity index (χ0v) is 25.0. The third-order valence-electron chi connectivity index (χ3n) is 8.99. The second kappa shape index (κ2) is 11.0. The molecule has 49 heavy (non-hydrogen) atoms. The van der Waals surface area contributed by atoms with E-state index in [0.29, 0.717) is 33.3 Å². The predicted molar refractivity (Wildman–Crippen MR) is 160 cm³/mol. The van der Waals surface area contributed by atoms with Crippen LogP contribution in [0.1, 0.15) is 46.6 Å². The lowest BCUT2D eigenvalue weighted by molar-refractivity contribution is -0.142. The first-order valence-corrected chi connectivity index (χ1v) is 15.1. The smallest absolute Gasteiger partial charge is 0.361 e. The molecule has 0 bridgehead atoms. The molecule has 0 aliphatic heterocycles. The topological polar surface area (TPSA) is 117 Å². The number of pyridine rings is 1. The number of H-pyrrole nitrogens is 2. The summed E-state index contributed by atoms with van der Waals surface area (Å²) in [5.41, 5.74) is 0.0530. The number of nitrogens with one attached hydrogen (secondary N) is 3. The maximum Gasteiger partial charge on any atom is 0.435 e. The van der Waals surface area contributed by atoms with Crippen LogP contribution in [0.2, 0.25) is 0 Å². The number of carbonyl (C=O) groups is 1. The van der Waals surface area contributed by atoms with Crippen molar-refractivity contribution in [2.75, 3.05) is 0 Å². The number of carbonyl (C=O) groups excluding carboxylic acids is 1. The van der Waals surface area contributed by atoms with E-state index in [1.807, 2.05) is 18.2 Å². The Bertz CT molecular complexity index is 2220. The van der Waals surface area contributed by atoms with E-state index in [9.17, 15) is 26.7 Å². The van der Waals surface area contributed by atoms with Gasteiger partial charge in [0.25, 0.3) is 5.92 Å². The van der Waals surface area contributed by atoms with Crippen molar-refractivity contribution < 1.29 is 35.5 Å². The molecule has 3 N–H and O–H groups in total. The second-order valence-corrected chi connectivity index (χ2v) is 12.2. The van der Waals surface area contributed by atoms with Crippen LogP contribution in [0.5, 0.6) is 0 Å². The average Bonchev–Trinajstić information content (AvgIpc) is 3.40. The highest BCUT2D eigenvalue weighted by atomic mass is 19.4. The highest BCUT2D eigenvalue weighted by molar-refractivity contribution is 5.86. The predicted octanol–water partition coefficient (Wildman–Crippen LogP) is 6.82. The molecule has 2 aromatic carbocycles. The van der Waals surface area contributed by atoms with Crippen molar-refractivity contribution in [3.05, 3.63) is 107 Å². The van der Waals surface area contributed by atoms with E-state index < -0.39 is 71.0 Å². The summed E-state index contributed by atoms with van der Waals surface area (Å²) in [5, 5.41) is 17.4. The first-order chi connectivity index (χ1) is 23.4. The highest BCUT2D eigenvalue weighted by Crippen LogP contribution is 2.68. The number of halogens is 7.